The number of aromatic nitrogens is 2. The smallest absolute Gasteiger partial charge is 0.270 e. The minimum atomic E-state index is -0.868. The normalized spacial score (nSPS) is 12.2. The van der Waals surface area contributed by atoms with E-state index >= 15 is 0 Å². The number of hydrogen-bond donors (Lipinski definition) is 2. The number of amides is 2. The van der Waals surface area contributed by atoms with Crippen LogP contribution in [0.5, 0.6) is 0 Å². The molecular formula is C18H24N4O2. The number of carbonyl (C=O) groups is 2. The van der Waals surface area contributed by atoms with Gasteiger partial charge in [0.1, 0.15) is 11.7 Å². The van der Waals surface area contributed by atoms with E-state index in [9.17, 15) is 9.59 Å². The summed E-state index contributed by atoms with van der Waals surface area (Å²) in [7, 11) is 0. The van der Waals surface area contributed by atoms with Gasteiger partial charge in [-0.1, -0.05) is 44.2 Å². The predicted octanol–water partition coefficient (Wildman–Crippen LogP) is 2.06. The third-order valence-electron chi connectivity index (χ3n) is 3.67. The maximum absolute atomic E-state index is 12.6. The molecule has 0 spiro atoms. The molecule has 24 heavy (non-hydrogen) atoms. The first-order chi connectivity index (χ1) is 11.4. The quantitative estimate of drug-likeness (QED) is 0.815. The third-order valence-corrected chi connectivity index (χ3v) is 3.67. The summed E-state index contributed by atoms with van der Waals surface area (Å²) in [6.45, 7) is 6.70. The molecule has 0 bridgehead atoms. The standard InChI is InChI=1S/C18H24N4O2/c1-4-22-15(11-14(21-22)10-12(2)3)18(24)20-16(17(19)23)13-8-6-5-7-9-13/h5-9,11-12,16H,4,10H2,1-3H3,(H2,19,23)(H,20,24)/t16-/m0/s1. The number of aryl methyl sites for hydroxylation is 1. The summed E-state index contributed by atoms with van der Waals surface area (Å²) in [5.41, 5.74) is 7.42. The van der Waals surface area contributed by atoms with Crippen LogP contribution in [0.1, 0.15) is 48.6 Å². The molecule has 0 fully saturated rings. The van der Waals surface area contributed by atoms with Crippen LogP contribution in [0.25, 0.3) is 0 Å². The van der Waals surface area contributed by atoms with Crippen molar-refractivity contribution >= 4 is 11.8 Å². The lowest BCUT2D eigenvalue weighted by Gasteiger charge is -2.16. The van der Waals surface area contributed by atoms with Crippen molar-refractivity contribution in [1.82, 2.24) is 15.1 Å². The summed E-state index contributed by atoms with van der Waals surface area (Å²) in [5.74, 6) is -0.504. The molecule has 0 aliphatic carbocycles. The maximum atomic E-state index is 12.6. The molecule has 1 heterocycles. The van der Waals surface area contributed by atoms with Crippen LogP contribution < -0.4 is 11.1 Å². The number of nitrogens with one attached hydrogen (secondary N) is 1. The van der Waals surface area contributed by atoms with Gasteiger partial charge in [-0.2, -0.15) is 5.10 Å². The Morgan fingerprint density at radius 2 is 1.92 bits per heavy atom. The first kappa shape index (κ1) is 17.7. The highest BCUT2D eigenvalue weighted by molar-refractivity contribution is 5.96. The first-order valence-corrected chi connectivity index (χ1v) is 8.14. The Balaban J connectivity index is 2.24. The predicted molar refractivity (Wildman–Crippen MR) is 92.3 cm³/mol. The molecule has 2 rings (SSSR count). The Hall–Kier alpha value is -2.63. The van der Waals surface area contributed by atoms with Crippen LogP contribution in [0.2, 0.25) is 0 Å². The van der Waals surface area contributed by atoms with E-state index < -0.39 is 11.9 Å². The van der Waals surface area contributed by atoms with E-state index in [-0.39, 0.29) is 5.91 Å². The molecule has 1 aromatic carbocycles. The topological polar surface area (TPSA) is 90.0 Å². The van der Waals surface area contributed by atoms with Gasteiger partial charge < -0.3 is 11.1 Å². The molecule has 128 valence electrons. The fraction of sp³-hybridized carbons (Fsp3) is 0.389. The Bertz CT molecular complexity index is 707. The average molecular weight is 328 g/mol. The van der Waals surface area contributed by atoms with Crippen LogP contribution in [-0.4, -0.2) is 21.6 Å². The summed E-state index contributed by atoms with van der Waals surface area (Å²) < 4.78 is 1.65. The summed E-state index contributed by atoms with van der Waals surface area (Å²) in [5, 5.41) is 7.17. The van der Waals surface area contributed by atoms with Crippen LogP contribution in [0.15, 0.2) is 36.4 Å². The fourth-order valence-electron chi connectivity index (χ4n) is 2.58. The molecule has 6 heteroatoms. The molecule has 1 aromatic heterocycles. The van der Waals surface area contributed by atoms with Crippen LogP contribution in [0.3, 0.4) is 0 Å². The van der Waals surface area contributed by atoms with Crippen molar-refractivity contribution in [2.75, 3.05) is 0 Å². The molecule has 2 amide bonds. The second-order valence-corrected chi connectivity index (χ2v) is 6.15. The molecule has 3 N–H and O–H groups in total. The number of hydrogen-bond acceptors (Lipinski definition) is 3. The van der Waals surface area contributed by atoms with Gasteiger partial charge in [0.25, 0.3) is 5.91 Å². The van der Waals surface area contributed by atoms with Crippen molar-refractivity contribution in [3.05, 3.63) is 53.3 Å². The van der Waals surface area contributed by atoms with Crippen molar-refractivity contribution in [3.63, 3.8) is 0 Å². The number of nitrogens with two attached hydrogens (primary N) is 1. The van der Waals surface area contributed by atoms with Gasteiger partial charge >= 0.3 is 0 Å². The molecule has 0 radical (unpaired) electrons. The molecule has 0 saturated carbocycles. The Morgan fingerprint density at radius 1 is 1.25 bits per heavy atom. The van der Waals surface area contributed by atoms with Crippen LogP contribution >= 0.6 is 0 Å². The maximum Gasteiger partial charge on any atom is 0.270 e. The van der Waals surface area contributed by atoms with E-state index in [0.29, 0.717) is 23.7 Å². The highest BCUT2D eigenvalue weighted by Crippen LogP contribution is 2.15. The van der Waals surface area contributed by atoms with Gasteiger partial charge in [0.2, 0.25) is 5.91 Å². The van der Waals surface area contributed by atoms with Crippen molar-refractivity contribution in [3.8, 4) is 0 Å². The van der Waals surface area contributed by atoms with Gasteiger partial charge in [-0.05, 0) is 30.9 Å². The van der Waals surface area contributed by atoms with Gasteiger partial charge in [0, 0.05) is 6.54 Å². The van der Waals surface area contributed by atoms with E-state index in [0.717, 1.165) is 12.1 Å². The zero-order valence-corrected chi connectivity index (χ0v) is 14.3. The van der Waals surface area contributed by atoms with Crippen LogP contribution in [-0.2, 0) is 17.8 Å². The van der Waals surface area contributed by atoms with E-state index in [2.05, 4.69) is 24.3 Å². The van der Waals surface area contributed by atoms with E-state index in [1.165, 1.54) is 0 Å². The highest BCUT2D eigenvalue weighted by Gasteiger charge is 2.23. The average Bonchev–Trinajstić information content (AvgIpc) is 2.95. The van der Waals surface area contributed by atoms with Gasteiger partial charge in [0.05, 0.1) is 5.69 Å². The number of carbonyl (C=O) groups excluding carboxylic acids is 2. The van der Waals surface area contributed by atoms with Gasteiger partial charge in [-0.15, -0.1) is 0 Å². The number of nitrogens with zero attached hydrogens (tertiary/aromatic N) is 2. The Labute approximate surface area is 142 Å². The SMILES string of the molecule is CCn1nc(CC(C)C)cc1C(=O)N[C@H](C(N)=O)c1ccccc1. The molecule has 1 atom stereocenters. The molecule has 6 nitrogen and oxygen atoms in total. The van der Waals surface area contributed by atoms with Crippen molar-refractivity contribution in [1.29, 1.82) is 0 Å². The first-order valence-electron chi connectivity index (χ1n) is 8.14. The van der Waals surface area contributed by atoms with E-state index in [1.54, 1.807) is 35.0 Å². The lowest BCUT2D eigenvalue weighted by molar-refractivity contribution is -0.120. The Morgan fingerprint density at radius 3 is 2.46 bits per heavy atom. The highest BCUT2D eigenvalue weighted by atomic mass is 16.2. The molecule has 0 aliphatic heterocycles. The van der Waals surface area contributed by atoms with Gasteiger partial charge in [-0.25, -0.2) is 0 Å². The second-order valence-electron chi connectivity index (χ2n) is 6.15. The Kier molecular flexibility index (Phi) is 5.73. The summed E-state index contributed by atoms with van der Waals surface area (Å²) in [6.07, 6.45) is 0.797. The molecule has 0 aliphatic rings. The third kappa shape index (κ3) is 4.22. The lowest BCUT2D eigenvalue weighted by Crippen LogP contribution is -2.38. The monoisotopic (exact) mass is 328 g/mol. The molecule has 0 unspecified atom stereocenters. The van der Waals surface area contributed by atoms with Crippen molar-refractivity contribution in [2.24, 2.45) is 11.7 Å². The number of primary amides is 1. The van der Waals surface area contributed by atoms with Crippen LogP contribution in [0.4, 0.5) is 0 Å². The van der Waals surface area contributed by atoms with E-state index in [1.807, 2.05) is 13.0 Å². The number of rotatable bonds is 7. The summed E-state index contributed by atoms with van der Waals surface area (Å²) >= 11 is 0. The van der Waals surface area contributed by atoms with E-state index in [4.69, 9.17) is 5.73 Å². The van der Waals surface area contributed by atoms with Crippen molar-refractivity contribution < 1.29 is 9.59 Å². The molecular weight excluding hydrogens is 304 g/mol. The van der Waals surface area contributed by atoms with Gasteiger partial charge in [-0.3, -0.25) is 14.3 Å². The molecule has 2 aromatic rings. The fourth-order valence-corrected chi connectivity index (χ4v) is 2.58. The van der Waals surface area contributed by atoms with Crippen molar-refractivity contribution in [2.45, 2.75) is 39.8 Å². The summed E-state index contributed by atoms with van der Waals surface area (Å²) in [4.78, 5) is 24.4. The largest absolute Gasteiger partial charge is 0.368 e. The number of benzene rings is 1. The second kappa shape index (κ2) is 7.77. The lowest BCUT2D eigenvalue weighted by atomic mass is 10.1. The van der Waals surface area contributed by atoms with Gasteiger partial charge in [0.15, 0.2) is 0 Å². The summed E-state index contributed by atoms with van der Waals surface area (Å²) in [6, 6.07) is 9.87. The minimum Gasteiger partial charge on any atom is -0.368 e. The minimum absolute atomic E-state index is 0.355. The molecule has 0 saturated heterocycles. The zero-order chi connectivity index (χ0) is 17.7. The zero-order valence-electron chi connectivity index (χ0n) is 14.3. The van der Waals surface area contributed by atoms with Crippen LogP contribution in [0, 0.1) is 5.92 Å².